The SMILES string of the molecule is Fc1cnc(C(F)(F)F)c(CCl)c1OC(F)(F)F. The van der Waals surface area contributed by atoms with E-state index in [9.17, 15) is 30.7 Å². The highest BCUT2D eigenvalue weighted by atomic mass is 35.5. The van der Waals surface area contributed by atoms with E-state index < -0.39 is 41.2 Å². The van der Waals surface area contributed by atoms with E-state index >= 15 is 0 Å². The van der Waals surface area contributed by atoms with E-state index in [0.29, 0.717) is 0 Å². The number of aromatic nitrogens is 1. The lowest BCUT2D eigenvalue weighted by Crippen LogP contribution is -2.21. The number of hydrogen-bond donors (Lipinski definition) is 0. The lowest BCUT2D eigenvalue weighted by molar-refractivity contribution is -0.276. The van der Waals surface area contributed by atoms with Crippen molar-refractivity contribution >= 4 is 11.6 Å². The monoisotopic (exact) mass is 297 g/mol. The van der Waals surface area contributed by atoms with Gasteiger partial charge in [0.1, 0.15) is 0 Å². The molecule has 1 aromatic rings. The molecule has 10 heteroatoms. The molecule has 2 nitrogen and oxygen atoms in total. The van der Waals surface area contributed by atoms with Crippen LogP contribution in [0.2, 0.25) is 0 Å². The van der Waals surface area contributed by atoms with Crippen LogP contribution in [0.4, 0.5) is 30.7 Å². The summed E-state index contributed by atoms with van der Waals surface area (Å²) in [4.78, 5) is 2.68. The first-order chi connectivity index (χ1) is 8.06. The van der Waals surface area contributed by atoms with E-state index in [2.05, 4.69) is 9.72 Å². The topological polar surface area (TPSA) is 22.1 Å². The summed E-state index contributed by atoms with van der Waals surface area (Å²) in [5, 5.41) is 0. The Balaban J connectivity index is 3.40. The van der Waals surface area contributed by atoms with Gasteiger partial charge in [-0.05, 0) is 0 Å². The second-order valence-corrected chi connectivity index (χ2v) is 3.21. The molecule has 0 aromatic carbocycles. The molecule has 0 bridgehead atoms. The van der Waals surface area contributed by atoms with Crippen LogP contribution in [0, 0.1) is 5.82 Å². The predicted molar refractivity (Wildman–Crippen MR) is 45.4 cm³/mol. The molecule has 1 rings (SSSR count). The summed E-state index contributed by atoms with van der Waals surface area (Å²) in [6.45, 7) is 0. The van der Waals surface area contributed by atoms with Crippen molar-refractivity contribution in [2.75, 3.05) is 0 Å². The molecule has 0 spiro atoms. The Labute approximate surface area is 100 Å². The molecule has 0 saturated carbocycles. The van der Waals surface area contributed by atoms with Crippen molar-refractivity contribution in [1.29, 1.82) is 0 Å². The number of nitrogens with zero attached hydrogens (tertiary/aromatic N) is 1. The summed E-state index contributed by atoms with van der Waals surface area (Å²) in [5.41, 5.74) is -2.93. The van der Waals surface area contributed by atoms with Crippen LogP contribution >= 0.6 is 11.6 Å². The average molecular weight is 298 g/mol. The third-order valence-corrected chi connectivity index (χ3v) is 1.97. The fraction of sp³-hybridized carbons (Fsp3) is 0.375. The molecule has 102 valence electrons. The zero-order valence-electron chi connectivity index (χ0n) is 8.16. The Morgan fingerprint density at radius 3 is 2.11 bits per heavy atom. The number of hydrogen-bond acceptors (Lipinski definition) is 2. The standard InChI is InChI=1S/C8H3ClF7NO/c9-1-3-5(18-8(14,15)16)4(10)2-17-6(3)7(11,12)13/h2H,1H2. The van der Waals surface area contributed by atoms with E-state index in [1.54, 1.807) is 0 Å². The van der Waals surface area contributed by atoms with Crippen molar-refractivity contribution in [3.05, 3.63) is 23.3 Å². The number of ether oxygens (including phenoxy) is 1. The van der Waals surface area contributed by atoms with Crippen LogP contribution in [0.25, 0.3) is 0 Å². The Morgan fingerprint density at radius 2 is 1.72 bits per heavy atom. The summed E-state index contributed by atoms with van der Waals surface area (Å²) in [5.74, 6) is -4.35. The van der Waals surface area contributed by atoms with Gasteiger partial charge in [0.15, 0.2) is 17.3 Å². The highest BCUT2D eigenvalue weighted by Crippen LogP contribution is 2.38. The van der Waals surface area contributed by atoms with Crippen LogP contribution in [0.15, 0.2) is 6.20 Å². The van der Waals surface area contributed by atoms with Crippen molar-refractivity contribution in [1.82, 2.24) is 4.98 Å². The van der Waals surface area contributed by atoms with Crippen LogP contribution in [-0.2, 0) is 12.1 Å². The fourth-order valence-corrected chi connectivity index (χ4v) is 1.35. The molecular formula is C8H3ClF7NO. The van der Waals surface area contributed by atoms with E-state index in [1.165, 1.54) is 0 Å². The van der Waals surface area contributed by atoms with Gasteiger partial charge in [-0.15, -0.1) is 24.8 Å². The van der Waals surface area contributed by atoms with Gasteiger partial charge in [-0.2, -0.15) is 13.2 Å². The number of halogens is 8. The second-order valence-electron chi connectivity index (χ2n) is 2.94. The number of rotatable bonds is 2. The molecule has 0 fully saturated rings. The fourth-order valence-electron chi connectivity index (χ4n) is 1.10. The summed E-state index contributed by atoms with van der Waals surface area (Å²) < 4.78 is 89.2. The highest BCUT2D eigenvalue weighted by molar-refractivity contribution is 6.17. The van der Waals surface area contributed by atoms with Crippen molar-refractivity contribution in [3.8, 4) is 5.75 Å². The van der Waals surface area contributed by atoms with Gasteiger partial charge in [0, 0.05) is 5.56 Å². The van der Waals surface area contributed by atoms with E-state index in [4.69, 9.17) is 11.6 Å². The summed E-state index contributed by atoms with van der Waals surface area (Å²) >= 11 is 5.09. The molecule has 0 atom stereocenters. The molecule has 0 aliphatic carbocycles. The molecule has 0 amide bonds. The van der Waals surface area contributed by atoms with Gasteiger partial charge in [0.25, 0.3) is 0 Å². The molecule has 1 heterocycles. The predicted octanol–water partition coefficient (Wildman–Crippen LogP) is 3.88. The second kappa shape index (κ2) is 4.79. The molecule has 0 aliphatic rings. The minimum Gasteiger partial charge on any atom is -0.402 e. The maximum atomic E-state index is 13.0. The lowest BCUT2D eigenvalue weighted by atomic mass is 10.2. The third kappa shape index (κ3) is 3.37. The van der Waals surface area contributed by atoms with Gasteiger partial charge in [-0.25, -0.2) is 9.37 Å². The van der Waals surface area contributed by atoms with Gasteiger partial charge in [-0.3, -0.25) is 0 Å². The quantitative estimate of drug-likeness (QED) is 0.610. The Bertz CT molecular complexity index is 442. The highest BCUT2D eigenvalue weighted by Gasteiger charge is 2.40. The molecule has 0 N–H and O–H groups in total. The smallest absolute Gasteiger partial charge is 0.402 e. The van der Waals surface area contributed by atoms with Crippen LogP contribution in [0.1, 0.15) is 11.3 Å². The molecule has 1 aromatic heterocycles. The summed E-state index contributed by atoms with van der Waals surface area (Å²) in [6.07, 6.45) is -10.4. The van der Waals surface area contributed by atoms with E-state index in [-0.39, 0.29) is 6.20 Å². The van der Waals surface area contributed by atoms with E-state index in [0.717, 1.165) is 0 Å². The van der Waals surface area contributed by atoms with Crippen molar-refractivity contribution in [2.45, 2.75) is 18.4 Å². The van der Waals surface area contributed by atoms with E-state index in [1.807, 2.05) is 0 Å². The summed E-state index contributed by atoms with van der Waals surface area (Å²) in [6, 6.07) is 0. The first-order valence-electron chi connectivity index (χ1n) is 4.12. The Kier molecular flexibility index (Phi) is 3.94. The summed E-state index contributed by atoms with van der Waals surface area (Å²) in [7, 11) is 0. The largest absolute Gasteiger partial charge is 0.573 e. The van der Waals surface area contributed by atoms with Crippen LogP contribution in [0.5, 0.6) is 5.75 Å². The van der Waals surface area contributed by atoms with Gasteiger partial charge in [-0.1, -0.05) is 0 Å². The molecular weight excluding hydrogens is 295 g/mol. The normalized spacial score (nSPS) is 12.7. The maximum absolute atomic E-state index is 13.0. The van der Waals surface area contributed by atoms with Gasteiger partial charge >= 0.3 is 12.5 Å². The molecule has 0 unspecified atom stereocenters. The van der Waals surface area contributed by atoms with Gasteiger partial charge < -0.3 is 4.74 Å². The van der Waals surface area contributed by atoms with Crippen LogP contribution in [0.3, 0.4) is 0 Å². The Hall–Kier alpha value is -1.25. The zero-order valence-corrected chi connectivity index (χ0v) is 8.92. The van der Waals surface area contributed by atoms with Crippen LogP contribution in [-0.4, -0.2) is 11.3 Å². The number of pyridine rings is 1. The first-order valence-corrected chi connectivity index (χ1v) is 4.66. The van der Waals surface area contributed by atoms with Gasteiger partial charge in [0.05, 0.1) is 12.1 Å². The third-order valence-electron chi connectivity index (χ3n) is 1.70. The maximum Gasteiger partial charge on any atom is 0.573 e. The number of alkyl halides is 7. The molecule has 0 aliphatic heterocycles. The van der Waals surface area contributed by atoms with Gasteiger partial charge in [0.2, 0.25) is 0 Å². The van der Waals surface area contributed by atoms with Crippen molar-refractivity contribution < 1.29 is 35.5 Å². The van der Waals surface area contributed by atoms with Crippen LogP contribution < -0.4 is 4.74 Å². The van der Waals surface area contributed by atoms with Crippen molar-refractivity contribution in [2.24, 2.45) is 0 Å². The minimum absolute atomic E-state index is 0.0139. The molecule has 18 heavy (non-hydrogen) atoms. The lowest BCUT2D eigenvalue weighted by Gasteiger charge is -2.16. The minimum atomic E-state index is -5.34. The average Bonchev–Trinajstić information content (AvgIpc) is 2.17. The van der Waals surface area contributed by atoms with Crippen molar-refractivity contribution in [3.63, 3.8) is 0 Å². The molecule has 0 saturated heterocycles. The Morgan fingerprint density at radius 1 is 1.17 bits per heavy atom. The first kappa shape index (κ1) is 14.8. The zero-order chi connectivity index (χ0) is 14.1. The molecule has 0 radical (unpaired) electrons.